The molecule has 0 aliphatic rings. The Balaban J connectivity index is 1.51. The molecule has 0 radical (unpaired) electrons. The third-order valence-electron chi connectivity index (χ3n) is 3.94. The standard InChI is InChI=1S/C21H19N3O2/c25-20(22-14-13-16-7-2-1-3-8-16)21(26)24-23-15-18-11-6-10-17-9-4-5-12-19(17)18/h1-12,15H,13-14H2,(H,22,25)(H,24,26)/b23-15+. The number of rotatable bonds is 5. The molecule has 0 atom stereocenters. The topological polar surface area (TPSA) is 70.6 Å². The van der Waals surface area contributed by atoms with Crippen molar-refractivity contribution in [1.29, 1.82) is 0 Å². The Labute approximate surface area is 151 Å². The van der Waals surface area contributed by atoms with E-state index in [2.05, 4.69) is 15.8 Å². The zero-order valence-electron chi connectivity index (χ0n) is 14.2. The van der Waals surface area contributed by atoms with Crippen molar-refractivity contribution in [2.45, 2.75) is 6.42 Å². The molecule has 0 unspecified atom stereocenters. The summed E-state index contributed by atoms with van der Waals surface area (Å²) in [6.07, 6.45) is 2.20. The Hall–Kier alpha value is -3.47. The fraction of sp³-hybridized carbons (Fsp3) is 0.0952. The van der Waals surface area contributed by atoms with Crippen LogP contribution in [0.2, 0.25) is 0 Å². The summed E-state index contributed by atoms with van der Waals surface area (Å²) in [6, 6.07) is 23.5. The molecule has 130 valence electrons. The molecule has 0 aliphatic heterocycles. The summed E-state index contributed by atoms with van der Waals surface area (Å²) in [6.45, 7) is 0.392. The first-order valence-electron chi connectivity index (χ1n) is 8.37. The summed E-state index contributed by atoms with van der Waals surface area (Å²) < 4.78 is 0. The number of benzene rings is 3. The van der Waals surface area contributed by atoms with Crippen LogP contribution < -0.4 is 10.7 Å². The smallest absolute Gasteiger partial charge is 0.329 e. The van der Waals surface area contributed by atoms with E-state index >= 15 is 0 Å². The summed E-state index contributed by atoms with van der Waals surface area (Å²) in [5, 5.41) is 8.59. The molecule has 0 saturated carbocycles. The van der Waals surface area contributed by atoms with Crippen LogP contribution in [0.4, 0.5) is 0 Å². The summed E-state index contributed by atoms with van der Waals surface area (Å²) in [5.41, 5.74) is 4.23. The first-order chi connectivity index (χ1) is 12.7. The minimum absolute atomic E-state index is 0.392. The molecule has 26 heavy (non-hydrogen) atoms. The van der Waals surface area contributed by atoms with Gasteiger partial charge < -0.3 is 5.32 Å². The SMILES string of the molecule is O=C(NCCc1ccccc1)C(=O)N/N=C/c1cccc2ccccc12. The number of carbonyl (C=O) groups is 2. The molecule has 2 N–H and O–H groups in total. The van der Waals surface area contributed by atoms with E-state index in [0.717, 1.165) is 21.9 Å². The Kier molecular flexibility index (Phi) is 5.72. The van der Waals surface area contributed by atoms with Crippen molar-refractivity contribution in [2.24, 2.45) is 5.10 Å². The largest absolute Gasteiger partial charge is 0.347 e. The van der Waals surface area contributed by atoms with E-state index in [-0.39, 0.29) is 0 Å². The van der Waals surface area contributed by atoms with Gasteiger partial charge in [0.2, 0.25) is 0 Å². The summed E-state index contributed by atoms with van der Waals surface area (Å²) in [4.78, 5) is 23.6. The number of amides is 2. The fourth-order valence-electron chi connectivity index (χ4n) is 2.62. The van der Waals surface area contributed by atoms with Gasteiger partial charge in [-0.1, -0.05) is 72.8 Å². The minimum Gasteiger partial charge on any atom is -0.347 e. The van der Waals surface area contributed by atoms with Crippen LogP contribution >= 0.6 is 0 Å². The van der Waals surface area contributed by atoms with E-state index in [1.54, 1.807) is 0 Å². The van der Waals surface area contributed by atoms with Crippen molar-refractivity contribution in [3.63, 3.8) is 0 Å². The average molecular weight is 345 g/mol. The van der Waals surface area contributed by atoms with Crippen LogP contribution in [-0.2, 0) is 16.0 Å². The lowest BCUT2D eigenvalue weighted by Gasteiger charge is -2.04. The van der Waals surface area contributed by atoms with Gasteiger partial charge in [0.1, 0.15) is 0 Å². The van der Waals surface area contributed by atoms with Crippen molar-refractivity contribution in [3.8, 4) is 0 Å². The van der Waals surface area contributed by atoms with Crippen LogP contribution in [0.5, 0.6) is 0 Å². The number of carbonyl (C=O) groups excluding carboxylic acids is 2. The second kappa shape index (κ2) is 8.58. The molecular weight excluding hydrogens is 326 g/mol. The van der Waals surface area contributed by atoms with Crippen LogP contribution in [0, 0.1) is 0 Å². The van der Waals surface area contributed by atoms with Crippen molar-refractivity contribution >= 4 is 28.8 Å². The maximum atomic E-state index is 11.8. The van der Waals surface area contributed by atoms with E-state index in [0.29, 0.717) is 13.0 Å². The van der Waals surface area contributed by atoms with Crippen molar-refractivity contribution in [2.75, 3.05) is 6.54 Å². The van der Waals surface area contributed by atoms with Gasteiger partial charge >= 0.3 is 11.8 Å². The normalized spacial score (nSPS) is 10.8. The third kappa shape index (κ3) is 4.54. The third-order valence-corrected chi connectivity index (χ3v) is 3.94. The van der Waals surface area contributed by atoms with E-state index in [1.165, 1.54) is 6.21 Å². The Bertz CT molecular complexity index is 931. The highest BCUT2D eigenvalue weighted by atomic mass is 16.2. The zero-order valence-corrected chi connectivity index (χ0v) is 14.2. The average Bonchev–Trinajstić information content (AvgIpc) is 2.69. The quantitative estimate of drug-likeness (QED) is 0.424. The molecular formula is C21H19N3O2. The van der Waals surface area contributed by atoms with E-state index < -0.39 is 11.8 Å². The van der Waals surface area contributed by atoms with Gasteiger partial charge in [-0.25, -0.2) is 5.43 Å². The van der Waals surface area contributed by atoms with E-state index in [1.807, 2.05) is 72.8 Å². The summed E-state index contributed by atoms with van der Waals surface area (Å²) >= 11 is 0. The Morgan fingerprint density at radius 1 is 0.846 bits per heavy atom. The lowest BCUT2D eigenvalue weighted by Crippen LogP contribution is -2.38. The maximum Gasteiger partial charge on any atom is 0.329 e. The predicted molar refractivity (Wildman–Crippen MR) is 103 cm³/mol. The highest BCUT2D eigenvalue weighted by Gasteiger charge is 2.11. The van der Waals surface area contributed by atoms with Gasteiger partial charge in [-0.3, -0.25) is 9.59 Å². The fourth-order valence-corrected chi connectivity index (χ4v) is 2.62. The molecule has 3 rings (SSSR count). The van der Waals surface area contributed by atoms with Crippen LogP contribution in [0.3, 0.4) is 0 Å². The van der Waals surface area contributed by atoms with E-state index in [4.69, 9.17) is 0 Å². The van der Waals surface area contributed by atoms with Gasteiger partial charge in [-0.15, -0.1) is 0 Å². The van der Waals surface area contributed by atoms with Crippen molar-refractivity contribution in [3.05, 3.63) is 83.9 Å². The first kappa shape index (κ1) is 17.4. The molecule has 0 saturated heterocycles. The van der Waals surface area contributed by atoms with Gasteiger partial charge in [-0.05, 0) is 22.8 Å². The van der Waals surface area contributed by atoms with Gasteiger partial charge in [-0.2, -0.15) is 5.10 Å². The lowest BCUT2D eigenvalue weighted by molar-refractivity contribution is -0.139. The maximum absolute atomic E-state index is 11.8. The van der Waals surface area contributed by atoms with Crippen LogP contribution in [0.1, 0.15) is 11.1 Å². The van der Waals surface area contributed by atoms with Crippen molar-refractivity contribution < 1.29 is 9.59 Å². The predicted octanol–water partition coefficient (Wildman–Crippen LogP) is 2.65. The highest BCUT2D eigenvalue weighted by molar-refractivity contribution is 6.35. The van der Waals surface area contributed by atoms with Crippen LogP contribution in [-0.4, -0.2) is 24.6 Å². The van der Waals surface area contributed by atoms with Crippen LogP contribution in [0.25, 0.3) is 10.8 Å². The second-order valence-corrected chi connectivity index (χ2v) is 5.76. The number of hydrogen-bond acceptors (Lipinski definition) is 3. The molecule has 0 heterocycles. The molecule has 0 spiro atoms. The molecule has 2 amide bonds. The molecule has 0 aromatic heterocycles. The second-order valence-electron chi connectivity index (χ2n) is 5.76. The molecule has 5 nitrogen and oxygen atoms in total. The molecule has 0 fully saturated rings. The lowest BCUT2D eigenvalue weighted by atomic mass is 10.1. The van der Waals surface area contributed by atoms with Gasteiger partial charge in [0, 0.05) is 12.1 Å². The molecule has 3 aromatic rings. The number of hydrogen-bond donors (Lipinski definition) is 2. The number of fused-ring (bicyclic) bond motifs is 1. The van der Waals surface area contributed by atoms with Crippen LogP contribution in [0.15, 0.2) is 77.9 Å². The molecule has 3 aromatic carbocycles. The number of nitrogens with one attached hydrogen (secondary N) is 2. The first-order valence-corrected chi connectivity index (χ1v) is 8.37. The minimum atomic E-state index is -0.783. The van der Waals surface area contributed by atoms with Gasteiger partial charge in [0.25, 0.3) is 0 Å². The van der Waals surface area contributed by atoms with Crippen molar-refractivity contribution in [1.82, 2.24) is 10.7 Å². The summed E-state index contributed by atoms with van der Waals surface area (Å²) in [7, 11) is 0. The molecule has 0 bridgehead atoms. The Morgan fingerprint density at radius 3 is 2.42 bits per heavy atom. The Morgan fingerprint density at radius 2 is 1.58 bits per heavy atom. The van der Waals surface area contributed by atoms with Gasteiger partial charge in [0.05, 0.1) is 6.21 Å². The molecule has 0 aliphatic carbocycles. The monoisotopic (exact) mass is 345 g/mol. The zero-order chi connectivity index (χ0) is 18.2. The van der Waals surface area contributed by atoms with Gasteiger partial charge in [0.15, 0.2) is 0 Å². The van der Waals surface area contributed by atoms with E-state index in [9.17, 15) is 9.59 Å². The number of hydrazone groups is 1. The summed E-state index contributed by atoms with van der Waals surface area (Å²) in [5.74, 6) is -1.48. The molecule has 5 heteroatoms. The highest BCUT2D eigenvalue weighted by Crippen LogP contribution is 2.16. The number of nitrogens with zero attached hydrogens (tertiary/aromatic N) is 1.